The van der Waals surface area contributed by atoms with Crippen LogP contribution in [0.4, 0.5) is 0 Å². The molecular formula is C10H16O2. The second-order valence-corrected chi connectivity index (χ2v) is 3.63. The molecule has 1 fully saturated rings. The summed E-state index contributed by atoms with van der Waals surface area (Å²) in [7, 11) is 0. The van der Waals surface area contributed by atoms with Gasteiger partial charge in [0.2, 0.25) is 0 Å². The lowest BCUT2D eigenvalue weighted by Gasteiger charge is -2.35. The smallest absolute Gasteiger partial charge is 0.164 e. The fourth-order valence-electron chi connectivity index (χ4n) is 1.83. The van der Waals surface area contributed by atoms with Crippen LogP contribution in [0.15, 0.2) is 12.7 Å². The van der Waals surface area contributed by atoms with Crippen LogP contribution in [0.3, 0.4) is 0 Å². The van der Waals surface area contributed by atoms with Gasteiger partial charge >= 0.3 is 0 Å². The minimum Gasteiger partial charge on any atom is -0.381 e. The molecule has 0 heterocycles. The van der Waals surface area contributed by atoms with Gasteiger partial charge in [0, 0.05) is 12.8 Å². The summed E-state index contributed by atoms with van der Waals surface area (Å²) in [5, 5.41) is 9.99. The Morgan fingerprint density at radius 3 is 3.00 bits per heavy atom. The van der Waals surface area contributed by atoms with Crippen molar-refractivity contribution in [3.63, 3.8) is 0 Å². The monoisotopic (exact) mass is 168 g/mol. The van der Waals surface area contributed by atoms with E-state index in [1.807, 2.05) is 6.92 Å². The molecule has 2 heteroatoms. The molecule has 0 aromatic heterocycles. The predicted molar refractivity (Wildman–Crippen MR) is 47.8 cm³/mol. The third-order valence-electron chi connectivity index (χ3n) is 2.79. The summed E-state index contributed by atoms with van der Waals surface area (Å²) < 4.78 is 0. The molecule has 12 heavy (non-hydrogen) atoms. The molecule has 1 aliphatic carbocycles. The van der Waals surface area contributed by atoms with Gasteiger partial charge in [-0.05, 0) is 18.8 Å². The summed E-state index contributed by atoms with van der Waals surface area (Å²) in [6, 6.07) is 0. The number of carbonyl (C=O) groups excluding carboxylic acids is 1. The van der Waals surface area contributed by atoms with Crippen LogP contribution in [-0.4, -0.2) is 16.5 Å². The summed E-state index contributed by atoms with van der Waals surface area (Å²) in [6.07, 6.45) is 4.40. The summed E-state index contributed by atoms with van der Waals surface area (Å²) in [5.74, 6) is 0.0675. The highest BCUT2D eigenvalue weighted by molar-refractivity contribution is 5.88. The Morgan fingerprint density at radius 2 is 2.50 bits per heavy atom. The Morgan fingerprint density at radius 1 is 1.83 bits per heavy atom. The quantitative estimate of drug-likeness (QED) is 0.637. The number of Topliss-reactive ketones (excluding diaryl/α,β-unsaturated/α-hetero) is 1. The van der Waals surface area contributed by atoms with Crippen molar-refractivity contribution in [2.75, 3.05) is 0 Å². The van der Waals surface area contributed by atoms with Crippen LogP contribution in [0, 0.1) is 5.92 Å². The van der Waals surface area contributed by atoms with E-state index in [2.05, 4.69) is 6.58 Å². The standard InChI is InChI=1S/C10H16O2/c1-3-7-10(12)8(2)5-4-6-9(10)11/h3,8,12H,1,4-7H2,2H3/t8-,10-/m1/s1. The molecule has 1 saturated carbocycles. The molecule has 1 aliphatic rings. The van der Waals surface area contributed by atoms with E-state index < -0.39 is 5.60 Å². The number of rotatable bonds is 2. The van der Waals surface area contributed by atoms with Crippen molar-refractivity contribution in [3.8, 4) is 0 Å². The van der Waals surface area contributed by atoms with Gasteiger partial charge < -0.3 is 5.11 Å². The van der Waals surface area contributed by atoms with Crippen LogP contribution in [-0.2, 0) is 4.79 Å². The van der Waals surface area contributed by atoms with Crippen molar-refractivity contribution in [2.45, 2.75) is 38.2 Å². The number of carbonyl (C=O) groups is 1. The second kappa shape index (κ2) is 3.40. The zero-order chi connectivity index (χ0) is 9.19. The van der Waals surface area contributed by atoms with Crippen molar-refractivity contribution in [1.29, 1.82) is 0 Å². The normalized spacial score (nSPS) is 36.5. The van der Waals surface area contributed by atoms with Crippen molar-refractivity contribution in [1.82, 2.24) is 0 Å². The number of aliphatic hydroxyl groups is 1. The van der Waals surface area contributed by atoms with Crippen LogP contribution >= 0.6 is 0 Å². The average Bonchev–Trinajstić information content (AvgIpc) is 2.02. The molecule has 0 spiro atoms. The van der Waals surface area contributed by atoms with Gasteiger partial charge in [0.15, 0.2) is 5.78 Å². The van der Waals surface area contributed by atoms with Gasteiger partial charge in [0.05, 0.1) is 0 Å². The van der Waals surface area contributed by atoms with Gasteiger partial charge in [-0.1, -0.05) is 13.0 Å². The van der Waals surface area contributed by atoms with Crippen LogP contribution in [0.1, 0.15) is 32.6 Å². The Kier molecular flexibility index (Phi) is 2.68. The van der Waals surface area contributed by atoms with E-state index in [4.69, 9.17) is 0 Å². The second-order valence-electron chi connectivity index (χ2n) is 3.63. The number of ketones is 1. The van der Waals surface area contributed by atoms with Gasteiger partial charge in [0.25, 0.3) is 0 Å². The molecule has 0 aliphatic heterocycles. The summed E-state index contributed by atoms with van der Waals surface area (Å²) in [5.41, 5.74) is -1.11. The molecule has 0 amide bonds. The third kappa shape index (κ3) is 1.44. The van der Waals surface area contributed by atoms with Crippen LogP contribution in [0.25, 0.3) is 0 Å². The minimum atomic E-state index is -1.11. The molecule has 68 valence electrons. The Hall–Kier alpha value is -0.630. The molecule has 0 aromatic carbocycles. The van der Waals surface area contributed by atoms with Crippen LogP contribution in [0.2, 0.25) is 0 Å². The summed E-state index contributed by atoms with van der Waals surface area (Å²) in [6.45, 7) is 5.49. The summed E-state index contributed by atoms with van der Waals surface area (Å²) >= 11 is 0. The lowest BCUT2D eigenvalue weighted by Crippen LogP contribution is -2.47. The molecule has 0 radical (unpaired) electrons. The largest absolute Gasteiger partial charge is 0.381 e. The molecule has 1 rings (SSSR count). The average molecular weight is 168 g/mol. The van der Waals surface area contributed by atoms with E-state index in [0.717, 1.165) is 12.8 Å². The maximum Gasteiger partial charge on any atom is 0.164 e. The molecule has 2 atom stereocenters. The van der Waals surface area contributed by atoms with E-state index >= 15 is 0 Å². The van der Waals surface area contributed by atoms with E-state index in [9.17, 15) is 9.90 Å². The van der Waals surface area contributed by atoms with Crippen molar-refractivity contribution in [2.24, 2.45) is 5.92 Å². The topological polar surface area (TPSA) is 37.3 Å². The zero-order valence-electron chi connectivity index (χ0n) is 7.55. The fourth-order valence-corrected chi connectivity index (χ4v) is 1.83. The maximum atomic E-state index is 11.4. The molecular weight excluding hydrogens is 152 g/mol. The molecule has 0 saturated heterocycles. The molecule has 0 aromatic rings. The Balaban J connectivity index is 2.79. The first-order valence-corrected chi connectivity index (χ1v) is 4.48. The first kappa shape index (κ1) is 9.46. The van der Waals surface area contributed by atoms with Crippen LogP contribution in [0.5, 0.6) is 0 Å². The van der Waals surface area contributed by atoms with Gasteiger partial charge in [-0.2, -0.15) is 0 Å². The van der Waals surface area contributed by atoms with E-state index in [1.165, 1.54) is 0 Å². The lowest BCUT2D eigenvalue weighted by atomic mass is 9.74. The van der Waals surface area contributed by atoms with Crippen molar-refractivity contribution >= 4 is 5.78 Å². The number of hydrogen-bond acceptors (Lipinski definition) is 2. The SMILES string of the molecule is C=CC[C@]1(O)C(=O)CCC[C@H]1C. The zero-order valence-corrected chi connectivity index (χ0v) is 7.55. The first-order chi connectivity index (χ1) is 5.61. The van der Waals surface area contributed by atoms with Gasteiger partial charge in [-0.25, -0.2) is 0 Å². The van der Waals surface area contributed by atoms with Gasteiger partial charge in [0.1, 0.15) is 5.60 Å². The van der Waals surface area contributed by atoms with Crippen LogP contribution < -0.4 is 0 Å². The minimum absolute atomic E-state index is 0.0128. The molecule has 0 bridgehead atoms. The molecule has 1 N–H and O–H groups in total. The maximum absolute atomic E-state index is 11.4. The first-order valence-electron chi connectivity index (χ1n) is 4.48. The van der Waals surface area contributed by atoms with Crippen molar-refractivity contribution in [3.05, 3.63) is 12.7 Å². The fraction of sp³-hybridized carbons (Fsp3) is 0.700. The van der Waals surface area contributed by atoms with Gasteiger partial charge in [-0.15, -0.1) is 6.58 Å². The lowest BCUT2D eigenvalue weighted by molar-refractivity contribution is -0.146. The highest BCUT2D eigenvalue weighted by atomic mass is 16.3. The summed E-state index contributed by atoms with van der Waals surface area (Å²) in [4.78, 5) is 11.4. The Bertz CT molecular complexity index is 198. The molecule has 2 nitrogen and oxygen atoms in total. The van der Waals surface area contributed by atoms with Gasteiger partial charge in [-0.3, -0.25) is 4.79 Å². The Labute approximate surface area is 73.3 Å². The van der Waals surface area contributed by atoms with Crippen molar-refractivity contribution < 1.29 is 9.90 Å². The predicted octanol–water partition coefficient (Wildman–Crippen LogP) is 1.68. The van der Waals surface area contributed by atoms with E-state index in [0.29, 0.717) is 12.8 Å². The van der Waals surface area contributed by atoms with E-state index in [-0.39, 0.29) is 11.7 Å². The highest BCUT2D eigenvalue weighted by Gasteiger charge is 2.41. The third-order valence-corrected chi connectivity index (χ3v) is 2.79. The molecule has 0 unspecified atom stereocenters. The highest BCUT2D eigenvalue weighted by Crippen LogP contribution is 2.33. The number of hydrogen-bond donors (Lipinski definition) is 1. The van der Waals surface area contributed by atoms with E-state index in [1.54, 1.807) is 6.08 Å².